The molecule has 2 aliphatic heterocycles. The molecule has 2 saturated heterocycles. The quantitative estimate of drug-likeness (QED) is 0.828. The first-order valence-electron chi connectivity index (χ1n) is 7.07. The van der Waals surface area contributed by atoms with Crippen molar-refractivity contribution in [3.8, 4) is 0 Å². The van der Waals surface area contributed by atoms with E-state index in [0.29, 0.717) is 19.1 Å². The van der Waals surface area contributed by atoms with E-state index in [1.165, 1.54) is 0 Å². The summed E-state index contributed by atoms with van der Waals surface area (Å²) in [6, 6.07) is -0.508. The second kappa shape index (κ2) is 6.30. The number of alkyl halides is 3. The number of hydrogen-bond donors (Lipinski definition) is 2. The fourth-order valence-corrected chi connectivity index (χ4v) is 2.76. The molecule has 116 valence electrons. The van der Waals surface area contributed by atoms with Gasteiger partial charge in [0.15, 0.2) is 0 Å². The highest BCUT2D eigenvalue weighted by atomic mass is 19.4. The van der Waals surface area contributed by atoms with E-state index in [1.807, 2.05) is 6.92 Å². The average molecular weight is 294 g/mol. The van der Waals surface area contributed by atoms with Gasteiger partial charge in [-0.05, 0) is 26.2 Å². The van der Waals surface area contributed by atoms with Gasteiger partial charge in [-0.1, -0.05) is 0 Å². The topological polar surface area (TPSA) is 50.4 Å². The van der Waals surface area contributed by atoms with E-state index >= 15 is 0 Å². The van der Waals surface area contributed by atoms with Crippen LogP contribution in [0, 0.1) is 11.8 Å². The molecule has 0 aromatic rings. The zero-order chi connectivity index (χ0) is 14.8. The molecule has 0 bridgehead atoms. The number of nitrogens with one attached hydrogen (secondary N) is 2. The second-order valence-corrected chi connectivity index (χ2v) is 5.65. The van der Waals surface area contributed by atoms with Crippen LogP contribution >= 0.6 is 0 Å². The van der Waals surface area contributed by atoms with Crippen LogP contribution < -0.4 is 10.6 Å². The number of amides is 1. The third kappa shape index (κ3) is 3.85. The van der Waals surface area contributed by atoms with Gasteiger partial charge in [-0.3, -0.25) is 4.79 Å². The lowest BCUT2D eigenvalue weighted by Crippen LogP contribution is -2.52. The van der Waals surface area contributed by atoms with Gasteiger partial charge in [0.05, 0.1) is 18.1 Å². The second-order valence-electron chi connectivity index (χ2n) is 5.65. The molecule has 0 radical (unpaired) electrons. The predicted octanol–water partition coefficient (Wildman–Crippen LogP) is 1.46. The summed E-state index contributed by atoms with van der Waals surface area (Å²) in [5, 5.41) is 5.51. The molecule has 0 aromatic carbocycles. The first kappa shape index (κ1) is 15.6. The first-order valence-corrected chi connectivity index (χ1v) is 7.07. The van der Waals surface area contributed by atoms with Crippen molar-refractivity contribution in [2.24, 2.45) is 11.8 Å². The fraction of sp³-hybridized carbons (Fsp3) is 0.923. The van der Waals surface area contributed by atoms with Crippen LogP contribution in [0.2, 0.25) is 0 Å². The van der Waals surface area contributed by atoms with E-state index in [1.54, 1.807) is 0 Å². The molecule has 0 spiro atoms. The van der Waals surface area contributed by atoms with Gasteiger partial charge in [-0.25, -0.2) is 0 Å². The summed E-state index contributed by atoms with van der Waals surface area (Å²) < 4.78 is 42.9. The maximum atomic E-state index is 12.5. The largest absolute Gasteiger partial charge is 0.393 e. The molecule has 0 aliphatic carbocycles. The standard InChI is InChI=1S/C13H21F3N2O2/c1-8-9(4-5-20-8)6-18-12(19)11-3-2-10(7-17-11)13(14,15)16/h8-11,17H,2-7H2,1H3,(H,18,19). The lowest BCUT2D eigenvalue weighted by molar-refractivity contribution is -0.180. The highest BCUT2D eigenvalue weighted by Gasteiger charge is 2.42. The number of ether oxygens (including phenoxy) is 1. The highest BCUT2D eigenvalue weighted by molar-refractivity contribution is 5.81. The SMILES string of the molecule is CC1OCCC1CNC(=O)C1CCC(C(F)(F)F)CN1. The molecule has 20 heavy (non-hydrogen) atoms. The summed E-state index contributed by atoms with van der Waals surface area (Å²) in [6.07, 6.45) is -2.89. The maximum absolute atomic E-state index is 12.5. The molecule has 2 fully saturated rings. The summed E-state index contributed by atoms with van der Waals surface area (Å²) >= 11 is 0. The van der Waals surface area contributed by atoms with Gasteiger partial charge in [-0.15, -0.1) is 0 Å². The molecule has 0 saturated carbocycles. The lowest BCUT2D eigenvalue weighted by Gasteiger charge is -2.30. The highest BCUT2D eigenvalue weighted by Crippen LogP contribution is 2.31. The van der Waals surface area contributed by atoms with Crippen molar-refractivity contribution >= 4 is 5.91 Å². The van der Waals surface area contributed by atoms with Gasteiger partial charge in [0, 0.05) is 25.6 Å². The first-order chi connectivity index (χ1) is 9.38. The number of carbonyl (C=O) groups excluding carboxylic acids is 1. The minimum atomic E-state index is -4.18. The summed E-state index contributed by atoms with van der Waals surface area (Å²) in [4.78, 5) is 11.9. The molecule has 2 N–H and O–H groups in total. The Kier molecular flexibility index (Phi) is 4.90. The summed E-state index contributed by atoms with van der Waals surface area (Å²) in [7, 11) is 0. The summed E-state index contributed by atoms with van der Waals surface area (Å²) in [5.74, 6) is -1.25. The van der Waals surface area contributed by atoms with E-state index in [4.69, 9.17) is 4.74 Å². The van der Waals surface area contributed by atoms with Gasteiger partial charge in [0.25, 0.3) is 0 Å². The minimum absolute atomic E-state index is 0.0114. The zero-order valence-corrected chi connectivity index (χ0v) is 11.5. The van der Waals surface area contributed by atoms with Gasteiger partial charge in [-0.2, -0.15) is 13.2 Å². The van der Waals surface area contributed by atoms with Crippen molar-refractivity contribution in [1.29, 1.82) is 0 Å². The van der Waals surface area contributed by atoms with E-state index in [0.717, 1.165) is 6.42 Å². The minimum Gasteiger partial charge on any atom is -0.378 e. The Morgan fingerprint density at radius 3 is 2.60 bits per heavy atom. The Morgan fingerprint density at radius 1 is 1.35 bits per heavy atom. The molecule has 4 nitrogen and oxygen atoms in total. The van der Waals surface area contributed by atoms with Crippen LogP contribution in [0.5, 0.6) is 0 Å². The van der Waals surface area contributed by atoms with E-state index in [9.17, 15) is 18.0 Å². The molecule has 2 heterocycles. The Morgan fingerprint density at radius 2 is 2.10 bits per heavy atom. The van der Waals surface area contributed by atoms with Gasteiger partial charge >= 0.3 is 6.18 Å². The van der Waals surface area contributed by atoms with Gasteiger partial charge in [0.2, 0.25) is 5.91 Å². The van der Waals surface area contributed by atoms with Crippen LogP contribution in [-0.2, 0) is 9.53 Å². The van der Waals surface area contributed by atoms with Crippen LogP contribution in [0.25, 0.3) is 0 Å². The van der Waals surface area contributed by atoms with Crippen LogP contribution in [-0.4, -0.2) is 43.9 Å². The third-order valence-electron chi connectivity index (χ3n) is 4.27. The van der Waals surface area contributed by atoms with Crippen molar-refractivity contribution in [3.63, 3.8) is 0 Å². The number of rotatable bonds is 3. The number of halogens is 3. The number of carbonyl (C=O) groups is 1. The smallest absolute Gasteiger partial charge is 0.378 e. The Labute approximate surface area is 116 Å². The number of hydrogen-bond acceptors (Lipinski definition) is 3. The maximum Gasteiger partial charge on any atom is 0.393 e. The molecule has 1 amide bonds. The van der Waals surface area contributed by atoms with Crippen molar-refractivity contribution in [2.45, 2.75) is 44.5 Å². The fourth-order valence-electron chi connectivity index (χ4n) is 2.76. The van der Waals surface area contributed by atoms with Crippen LogP contribution in [0.1, 0.15) is 26.2 Å². The normalized spacial score (nSPS) is 35.0. The van der Waals surface area contributed by atoms with Gasteiger partial charge < -0.3 is 15.4 Å². The Hall–Kier alpha value is -0.820. The number of piperidine rings is 1. The molecule has 2 aliphatic rings. The van der Waals surface area contributed by atoms with E-state index < -0.39 is 18.1 Å². The van der Waals surface area contributed by atoms with Crippen molar-refractivity contribution < 1.29 is 22.7 Å². The van der Waals surface area contributed by atoms with Crippen molar-refractivity contribution in [1.82, 2.24) is 10.6 Å². The lowest BCUT2D eigenvalue weighted by atomic mass is 9.93. The zero-order valence-electron chi connectivity index (χ0n) is 11.5. The predicted molar refractivity (Wildman–Crippen MR) is 67.1 cm³/mol. The molecule has 2 rings (SSSR count). The molecule has 7 heteroatoms. The van der Waals surface area contributed by atoms with Crippen molar-refractivity contribution in [3.05, 3.63) is 0 Å². The van der Waals surface area contributed by atoms with Gasteiger partial charge in [0.1, 0.15) is 0 Å². The average Bonchev–Trinajstić information content (AvgIpc) is 2.81. The van der Waals surface area contributed by atoms with E-state index in [-0.39, 0.29) is 31.4 Å². The third-order valence-corrected chi connectivity index (χ3v) is 4.27. The Bertz CT molecular complexity index is 341. The van der Waals surface area contributed by atoms with Crippen LogP contribution in [0.3, 0.4) is 0 Å². The molecule has 0 aromatic heterocycles. The van der Waals surface area contributed by atoms with Crippen molar-refractivity contribution in [2.75, 3.05) is 19.7 Å². The molecule has 4 unspecified atom stereocenters. The van der Waals surface area contributed by atoms with E-state index in [2.05, 4.69) is 10.6 Å². The molecule has 4 atom stereocenters. The molecular formula is C13H21F3N2O2. The van der Waals surface area contributed by atoms with Crippen LogP contribution in [0.15, 0.2) is 0 Å². The monoisotopic (exact) mass is 294 g/mol. The summed E-state index contributed by atoms with van der Waals surface area (Å²) in [6.45, 7) is 3.03. The van der Waals surface area contributed by atoms with Crippen LogP contribution in [0.4, 0.5) is 13.2 Å². The summed E-state index contributed by atoms with van der Waals surface area (Å²) in [5.41, 5.74) is 0. The molecular weight excluding hydrogens is 273 g/mol. The Balaban J connectivity index is 1.72.